The van der Waals surface area contributed by atoms with Gasteiger partial charge in [0.1, 0.15) is 0 Å². The summed E-state index contributed by atoms with van der Waals surface area (Å²) in [5.74, 6) is 0.493. The highest BCUT2D eigenvalue weighted by atomic mass is 35.5. The van der Waals surface area contributed by atoms with Crippen LogP contribution in [0.1, 0.15) is 31.0 Å². The van der Waals surface area contributed by atoms with Crippen molar-refractivity contribution in [2.75, 3.05) is 5.32 Å². The summed E-state index contributed by atoms with van der Waals surface area (Å²) in [4.78, 5) is 12.2. The van der Waals surface area contributed by atoms with E-state index in [1.165, 1.54) is 18.4 Å². The molecule has 26 heavy (non-hydrogen) atoms. The van der Waals surface area contributed by atoms with Crippen molar-refractivity contribution in [1.29, 1.82) is 0 Å². The molecule has 4 nitrogen and oxygen atoms in total. The van der Waals surface area contributed by atoms with Gasteiger partial charge in [-0.25, -0.2) is 0 Å². The number of hydrogen-bond acceptors (Lipinski definition) is 3. The Morgan fingerprint density at radius 1 is 1.12 bits per heavy atom. The number of benzene rings is 2. The minimum absolute atomic E-state index is 0.123. The second-order valence-electron chi connectivity index (χ2n) is 6.21. The fourth-order valence-electron chi connectivity index (χ4n) is 2.65. The standard InChI is InChI=1S/C21H21ClN2O2/c1-2-3-4-15-5-11-18(12-6-15)23-21(25)14-19-13-20(26-24-19)16-7-9-17(22)10-8-16/h5-13H,2-4,14H2,1H3,(H,23,25). The number of nitrogens with zero attached hydrogens (tertiary/aromatic N) is 1. The molecule has 0 saturated carbocycles. The maximum atomic E-state index is 12.2. The summed E-state index contributed by atoms with van der Waals surface area (Å²) < 4.78 is 5.32. The van der Waals surface area contributed by atoms with E-state index in [4.69, 9.17) is 16.1 Å². The van der Waals surface area contributed by atoms with Crippen LogP contribution in [-0.2, 0) is 17.6 Å². The maximum Gasteiger partial charge on any atom is 0.230 e. The number of amides is 1. The van der Waals surface area contributed by atoms with Crippen molar-refractivity contribution in [3.63, 3.8) is 0 Å². The second kappa shape index (κ2) is 8.68. The molecule has 0 aliphatic heterocycles. The van der Waals surface area contributed by atoms with Crippen molar-refractivity contribution in [1.82, 2.24) is 5.16 Å². The summed E-state index contributed by atoms with van der Waals surface area (Å²) in [5, 5.41) is 7.53. The largest absolute Gasteiger partial charge is 0.356 e. The van der Waals surface area contributed by atoms with Crippen LogP contribution < -0.4 is 5.32 Å². The van der Waals surface area contributed by atoms with Gasteiger partial charge in [-0.3, -0.25) is 4.79 Å². The molecule has 0 atom stereocenters. The summed E-state index contributed by atoms with van der Waals surface area (Å²) in [6.45, 7) is 2.18. The van der Waals surface area contributed by atoms with Gasteiger partial charge in [0.15, 0.2) is 5.76 Å². The number of rotatable bonds is 7. The molecule has 3 rings (SSSR count). The minimum atomic E-state index is -0.123. The van der Waals surface area contributed by atoms with Crippen LogP contribution in [-0.4, -0.2) is 11.1 Å². The van der Waals surface area contributed by atoms with E-state index in [-0.39, 0.29) is 12.3 Å². The first-order chi connectivity index (χ1) is 12.6. The van der Waals surface area contributed by atoms with Crippen LogP contribution in [0.15, 0.2) is 59.1 Å². The van der Waals surface area contributed by atoms with Crippen molar-refractivity contribution >= 4 is 23.2 Å². The summed E-state index contributed by atoms with van der Waals surface area (Å²) in [5.41, 5.74) is 3.54. The molecule has 134 valence electrons. The Morgan fingerprint density at radius 2 is 1.85 bits per heavy atom. The van der Waals surface area contributed by atoms with E-state index in [1.807, 2.05) is 24.3 Å². The molecule has 1 aromatic heterocycles. The Hall–Kier alpha value is -2.59. The normalized spacial score (nSPS) is 10.7. The molecule has 1 amide bonds. The van der Waals surface area contributed by atoms with Crippen LogP contribution in [0.25, 0.3) is 11.3 Å². The molecule has 1 heterocycles. The molecule has 0 aliphatic rings. The lowest BCUT2D eigenvalue weighted by molar-refractivity contribution is -0.115. The zero-order chi connectivity index (χ0) is 18.4. The van der Waals surface area contributed by atoms with Crippen LogP contribution >= 0.6 is 11.6 Å². The Labute approximate surface area is 158 Å². The summed E-state index contributed by atoms with van der Waals surface area (Å²) in [7, 11) is 0. The van der Waals surface area contributed by atoms with Gasteiger partial charge >= 0.3 is 0 Å². The number of aryl methyl sites for hydroxylation is 1. The molecule has 5 heteroatoms. The van der Waals surface area contributed by atoms with Crippen molar-refractivity contribution in [3.8, 4) is 11.3 Å². The van der Waals surface area contributed by atoms with Crippen LogP contribution in [0.5, 0.6) is 0 Å². The van der Waals surface area contributed by atoms with Gasteiger partial charge in [0.05, 0.1) is 12.1 Å². The first kappa shape index (κ1) is 18.2. The highest BCUT2D eigenvalue weighted by Crippen LogP contribution is 2.22. The number of unbranched alkanes of at least 4 members (excludes halogenated alkanes) is 1. The predicted octanol–water partition coefficient (Wildman–Crippen LogP) is 5.52. The molecular weight excluding hydrogens is 348 g/mol. The average molecular weight is 369 g/mol. The Kier molecular flexibility index (Phi) is 6.08. The molecule has 0 aliphatic carbocycles. The van der Waals surface area contributed by atoms with Crippen molar-refractivity contribution in [3.05, 3.63) is 70.9 Å². The highest BCUT2D eigenvalue weighted by molar-refractivity contribution is 6.30. The third kappa shape index (κ3) is 4.96. The van der Waals surface area contributed by atoms with Gasteiger partial charge in [-0.05, 0) is 54.8 Å². The second-order valence-corrected chi connectivity index (χ2v) is 6.65. The molecule has 1 N–H and O–H groups in total. The monoisotopic (exact) mass is 368 g/mol. The number of halogens is 1. The van der Waals surface area contributed by atoms with Gasteiger partial charge in [0.25, 0.3) is 0 Å². The average Bonchev–Trinajstić information content (AvgIpc) is 3.10. The van der Waals surface area contributed by atoms with E-state index in [2.05, 4.69) is 29.5 Å². The van der Waals surface area contributed by atoms with Crippen molar-refractivity contribution in [2.45, 2.75) is 32.6 Å². The van der Waals surface area contributed by atoms with Crippen molar-refractivity contribution in [2.24, 2.45) is 0 Å². The summed E-state index contributed by atoms with van der Waals surface area (Å²) in [6.07, 6.45) is 3.58. The van der Waals surface area contributed by atoms with Crippen LogP contribution in [0.4, 0.5) is 5.69 Å². The predicted molar refractivity (Wildman–Crippen MR) is 104 cm³/mol. The first-order valence-electron chi connectivity index (χ1n) is 8.74. The quantitative estimate of drug-likeness (QED) is 0.597. The molecule has 0 fully saturated rings. The molecule has 0 unspecified atom stereocenters. The summed E-state index contributed by atoms with van der Waals surface area (Å²) >= 11 is 5.89. The fourth-order valence-corrected chi connectivity index (χ4v) is 2.78. The lowest BCUT2D eigenvalue weighted by Gasteiger charge is -2.05. The van der Waals surface area contributed by atoms with E-state index in [0.29, 0.717) is 16.5 Å². The lowest BCUT2D eigenvalue weighted by Crippen LogP contribution is -2.14. The summed E-state index contributed by atoms with van der Waals surface area (Å²) in [6, 6.07) is 17.0. The van der Waals surface area contributed by atoms with Crippen LogP contribution in [0.3, 0.4) is 0 Å². The SMILES string of the molecule is CCCCc1ccc(NC(=O)Cc2cc(-c3ccc(Cl)cc3)on2)cc1. The number of aromatic nitrogens is 1. The topological polar surface area (TPSA) is 55.1 Å². The molecule has 2 aromatic carbocycles. The van der Waals surface area contributed by atoms with Gasteiger partial charge in [-0.1, -0.05) is 42.2 Å². The number of nitrogens with one attached hydrogen (secondary N) is 1. The highest BCUT2D eigenvalue weighted by Gasteiger charge is 2.11. The molecule has 3 aromatic rings. The zero-order valence-electron chi connectivity index (χ0n) is 14.7. The lowest BCUT2D eigenvalue weighted by atomic mass is 10.1. The van der Waals surface area contributed by atoms with E-state index >= 15 is 0 Å². The third-order valence-corrected chi connectivity index (χ3v) is 4.34. The molecule has 0 saturated heterocycles. The first-order valence-corrected chi connectivity index (χ1v) is 9.12. The minimum Gasteiger partial charge on any atom is -0.356 e. The number of carbonyl (C=O) groups excluding carboxylic acids is 1. The number of anilines is 1. The van der Waals surface area contributed by atoms with Crippen LogP contribution in [0, 0.1) is 0 Å². The zero-order valence-corrected chi connectivity index (χ0v) is 15.4. The van der Waals surface area contributed by atoms with Crippen LogP contribution in [0.2, 0.25) is 5.02 Å². The molecule has 0 spiro atoms. The molecular formula is C21H21ClN2O2. The van der Waals surface area contributed by atoms with E-state index in [1.54, 1.807) is 18.2 Å². The number of carbonyl (C=O) groups is 1. The van der Waals surface area contributed by atoms with Gasteiger partial charge in [-0.15, -0.1) is 0 Å². The Balaban J connectivity index is 1.57. The van der Waals surface area contributed by atoms with Gasteiger partial charge in [-0.2, -0.15) is 0 Å². The van der Waals surface area contributed by atoms with Gasteiger partial charge in [0, 0.05) is 22.3 Å². The maximum absolute atomic E-state index is 12.2. The Morgan fingerprint density at radius 3 is 2.54 bits per heavy atom. The number of hydrogen-bond donors (Lipinski definition) is 1. The third-order valence-electron chi connectivity index (χ3n) is 4.09. The fraction of sp³-hybridized carbons (Fsp3) is 0.238. The van der Waals surface area contributed by atoms with Gasteiger partial charge in [0.2, 0.25) is 5.91 Å². The van der Waals surface area contributed by atoms with Gasteiger partial charge < -0.3 is 9.84 Å². The van der Waals surface area contributed by atoms with E-state index < -0.39 is 0 Å². The van der Waals surface area contributed by atoms with Crippen molar-refractivity contribution < 1.29 is 9.32 Å². The van der Waals surface area contributed by atoms with E-state index in [9.17, 15) is 4.79 Å². The molecule has 0 bridgehead atoms. The smallest absolute Gasteiger partial charge is 0.230 e. The molecule has 0 radical (unpaired) electrons. The van der Waals surface area contributed by atoms with E-state index in [0.717, 1.165) is 17.7 Å². The Bertz CT molecular complexity index is 854.